The number of nitrogens with one attached hydrogen (secondary N) is 1. The fourth-order valence-electron chi connectivity index (χ4n) is 1.92. The zero-order valence-electron chi connectivity index (χ0n) is 11.2. The average Bonchev–Trinajstić information content (AvgIpc) is 2.77. The van der Waals surface area contributed by atoms with Gasteiger partial charge in [0.25, 0.3) is 5.91 Å². The van der Waals surface area contributed by atoms with Crippen molar-refractivity contribution in [1.29, 1.82) is 0 Å². The number of aliphatic carboxylic acids is 1. The SMILES string of the molecule is COC(CNC(=O)c1nn(C)c2ccccc12)C(=O)O. The number of fused-ring (bicyclic) bond motifs is 1. The molecule has 0 fully saturated rings. The predicted molar refractivity (Wildman–Crippen MR) is 71.5 cm³/mol. The summed E-state index contributed by atoms with van der Waals surface area (Å²) < 4.78 is 6.36. The van der Waals surface area contributed by atoms with Gasteiger partial charge in [-0.3, -0.25) is 9.48 Å². The van der Waals surface area contributed by atoms with Crippen LogP contribution in [0.3, 0.4) is 0 Å². The average molecular weight is 277 g/mol. The van der Waals surface area contributed by atoms with E-state index in [1.54, 1.807) is 17.8 Å². The number of aromatic nitrogens is 2. The van der Waals surface area contributed by atoms with Crippen LogP contribution < -0.4 is 5.32 Å². The molecule has 0 saturated carbocycles. The lowest BCUT2D eigenvalue weighted by Crippen LogP contribution is -2.38. The zero-order chi connectivity index (χ0) is 14.7. The van der Waals surface area contributed by atoms with E-state index in [0.717, 1.165) is 10.9 Å². The third-order valence-corrected chi connectivity index (χ3v) is 2.98. The summed E-state index contributed by atoms with van der Waals surface area (Å²) in [5.41, 5.74) is 1.10. The predicted octanol–water partition coefficient (Wildman–Crippen LogP) is 0.403. The van der Waals surface area contributed by atoms with Gasteiger partial charge < -0.3 is 15.2 Å². The first-order valence-electron chi connectivity index (χ1n) is 6.00. The summed E-state index contributed by atoms with van der Waals surface area (Å²) in [5, 5.41) is 16.2. The van der Waals surface area contributed by atoms with Gasteiger partial charge in [0.1, 0.15) is 0 Å². The highest BCUT2D eigenvalue weighted by atomic mass is 16.5. The maximum Gasteiger partial charge on any atom is 0.334 e. The van der Waals surface area contributed by atoms with Gasteiger partial charge in [0.05, 0.1) is 12.1 Å². The molecule has 1 heterocycles. The van der Waals surface area contributed by atoms with E-state index in [-0.39, 0.29) is 12.2 Å². The standard InChI is InChI=1S/C13H15N3O4/c1-16-9-6-4-3-5-8(9)11(15-16)12(17)14-7-10(20-2)13(18)19/h3-6,10H,7H2,1-2H3,(H,14,17)(H,18,19). The Balaban J connectivity index is 2.18. The van der Waals surface area contributed by atoms with E-state index < -0.39 is 18.0 Å². The number of benzene rings is 1. The Morgan fingerprint density at radius 2 is 2.15 bits per heavy atom. The molecule has 7 nitrogen and oxygen atoms in total. The Kier molecular flexibility index (Phi) is 3.99. The molecule has 0 aliphatic rings. The number of carboxylic acid groups (broad SMARTS) is 1. The maximum absolute atomic E-state index is 12.1. The quantitative estimate of drug-likeness (QED) is 0.825. The molecule has 0 aliphatic carbocycles. The van der Waals surface area contributed by atoms with Crippen LogP contribution in [0.15, 0.2) is 24.3 Å². The van der Waals surface area contributed by atoms with Crippen LogP contribution in [0.1, 0.15) is 10.5 Å². The first-order valence-corrected chi connectivity index (χ1v) is 6.00. The van der Waals surface area contributed by atoms with Crippen LogP contribution in [0.25, 0.3) is 10.9 Å². The van der Waals surface area contributed by atoms with Crippen LogP contribution in [-0.2, 0) is 16.6 Å². The lowest BCUT2D eigenvalue weighted by molar-refractivity contribution is -0.148. The van der Waals surface area contributed by atoms with Gasteiger partial charge in [0.15, 0.2) is 11.8 Å². The molecule has 1 aromatic carbocycles. The van der Waals surface area contributed by atoms with Crippen molar-refractivity contribution >= 4 is 22.8 Å². The van der Waals surface area contributed by atoms with Crippen LogP contribution in [0, 0.1) is 0 Å². The van der Waals surface area contributed by atoms with Crippen LogP contribution in [0.5, 0.6) is 0 Å². The van der Waals surface area contributed by atoms with Gasteiger partial charge >= 0.3 is 5.97 Å². The summed E-state index contributed by atoms with van der Waals surface area (Å²) in [4.78, 5) is 22.9. The summed E-state index contributed by atoms with van der Waals surface area (Å²) in [6, 6.07) is 7.32. The Hall–Kier alpha value is -2.41. The molecule has 1 aromatic heterocycles. The monoisotopic (exact) mass is 277 g/mol. The van der Waals surface area contributed by atoms with Crippen LogP contribution in [0.2, 0.25) is 0 Å². The van der Waals surface area contributed by atoms with Crippen molar-refractivity contribution in [1.82, 2.24) is 15.1 Å². The third-order valence-electron chi connectivity index (χ3n) is 2.98. The Bertz CT molecular complexity index is 650. The highest BCUT2D eigenvalue weighted by Crippen LogP contribution is 2.17. The maximum atomic E-state index is 12.1. The first kappa shape index (κ1) is 14.0. The highest BCUT2D eigenvalue weighted by molar-refractivity contribution is 6.04. The largest absolute Gasteiger partial charge is 0.479 e. The van der Waals surface area contributed by atoms with Crippen LogP contribution in [-0.4, -0.2) is 46.5 Å². The summed E-state index contributed by atoms with van der Waals surface area (Å²) in [6.45, 7) is -0.116. The molecule has 2 N–H and O–H groups in total. The fourth-order valence-corrected chi connectivity index (χ4v) is 1.92. The van der Waals surface area contributed by atoms with E-state index in [2.05, 4.69) is 10.4 Å². The molecule has 0 saturated heterocycles. The highest BCUT2D eigenvalue weighted by Gasteiger charge is 2.20. The number of carbonyl (C=O) groups is 2. The van der Waals surface area contributed by atoms with Crippen molar-refractivity contribution in [2.75, 3.05) is 13.7 Å². The molecule has 2 rings (SSSR count). The number of rotatable bonds is 5. The zero-order valence-corrected chi connectivity index (χ0v) is 11.2. The number of nitrogens with zero attached hydrogens (tertiary/aromatic N) is 2. The summed E-state index contributed by atoms with van der Waals surface area (Å²) in [5.74, 6) is -1.55. The number of carboxylic acids is 1. The topological polar surface area (TPSA) is 93.5 Å². The molecule has 20 heavy (non-hydrogen) atoms. The minimum Gasteiger partial charge on any atom is -0.479 e. The number of amides is 1. The minimum atomic E-state index is -1.13. The molecule has 0 spiro atoms. The Morgan fingerprint density at radius 3 is 2.80 bits per heavy atom. The normalized spacial score (nSPS) is 12.3. The number of carbonyl (C=O) groups excluding carboxylic acids is 1. The van der Waals surface area contributed by atoms with E-state index in [0.29, 0.717) is 0 Å². The van der Waals surface area contributed by atoms with Crippen molar-refractivity contribution < 1.29 is 19.4 Å². The second kappa shape index (κ2) is 5.70. The smallest absolute Gasteiger partial charge is 0.334 e. The van der Waals surface area contributed by atoms with Crippen molar-refractivity contribution in [3.05, 3.63) is 30.0 Å². The number of aryl methyl sites for hydroxylation is 1. The molecule has 0 bridgehead atoms. The number of hydrogen-bond donors (Lipinski definition) is 2. The third kappa shape index (κ3) is 2.62. The van der Waals surface area contributed by atoms with Crippen molar-refractivity contribution in [3.8, 4) is 0 Å². The minimum absolute atomic E-state index is 0.116. The van der Waals surface area contributed by atoms with Gasteiger partial charge in [-0.05, 0) is 6.07 Å². The van der Waals surface area contributed by atoms with E-state index in [1.807, 2.05) is 18.2 Å². The molecule has 106 valence electrons. The molecule has 1 atom stereocenters. The second-order valence-electron chi connectivity index (χ2n) is 4.26. The molecule has 2 aromatic rings. The lowest BCUT2D eigenvalue weighted by Gasteiger charge is -2.10. The van der Waals surface area contributed by atoms with Gasteiger partial charge in [-0.15, -0.1) is 0 Å². The number of ether oxygens (including phenoxy) is 1. The van der Waals surface area contributed by atoms with Crippen LogP contribution >= 0.6 is 0 Å². The summed E-state index contributed by atoms with van der Waals surface area (Å²) in [7, 11) is 3.02. The lowest BCUT2D eigenvalue weighted by atomic mass is 10.2. The molecule has 0 radical (unpaired) electrons. The van der Waals surface area contributed by atoms with Gasteiger partial charge in [0, 0.05) is 19.5 Å². The molecular formula is C13H15N3O4. The van der Waals surface area contributed by atoms with Crippen molar-refractivity contribution in [2.24, 2.45) is 7.05 Å². The fraction of sp³-hybridized carbons (Fsp3) is 0.308. The molecule has 7 heteroatoms. The van der Waals surface area contributed by atoms with Gasteiger partial charge in [-0.2, -0.15) is 5.10 Å². The van der Waals surface area contributed by atoms with E-state index in [9.17, 15) is 9.59 Å². The van der Waals surface area contributed by atoms with Gasteiger partial charge in [-0.25, -0.2) is 4.79 Å². The van der Waals surface area contributed by atoms with E-state index >= 15 is 0 Å². The first-order chi connectivity index (χ1) is 9.54. The number of para-hydroxylation sites is 1. The van der Waals surface area contributed by atoms with Crippen molar-refractivity contribution in [3.63, 3.8) is 0 Å². The second-order valence-corrected chi connectivity index (χ2v) is 4.26. The molecular weight excluding hydrogens is 262 g/mol. The molecule has 1 amide bonds. The van der Waals surface area contributed by atoms with E-state index in [4.69, 9.17) is 9.84 Å². The number of hydrogen-bond acceptors (Lipinski definition) is 4. The molecule has 0 aliphatic heterocycles. The molecule has 1 unspecified atom stereocenters. The summed E-state index contributed by atoms with van der Waals surface area (Å²) >= 11 is 0. The number of methoxy groups -OCH3 is 1. The Morgan fingerprint density at radius 1 is 1.45 bits per heavy atom. The van der Waals surface area contributed by atoms with Crippen LogP contribution in [0.4, 0.5) is 0 Å². The Labute approximate surface area is 115 Å². The summed E-state index contributed by atoms with van der Waals surface area (Å²) in [6.07, 6.45) is -1.08. The van der Waals surface area contributed by atoms with Gasteiger partial charge in [0.2, 0.25) is 0 Å². The van der Waals surface area contributed by atoms with E-state index in [1.165, 1.54) is 7.11 Å². The van der Waals surface area contributed by atoms with Gasteiger partial charge in [-0.1, -0.05) is 18.2 Å². The van der Waals surface area contributed by atoms with Crippen molar-refractivity contribution in [2.45, 2.75) is 6.10 Å².